The van der Waals surface area contributed by atoms with Gasteiger partial charge in [0.15, 0.2) is 11.5 Å². The first-order valence-corrected chi connectivity index (χ1v) is 10.2. The maximum atomic E-state index is 6.40. The number of furan rings is 1. The number of hydrazone groups is 1. The molecule has 0 N–H and O–H groups in total. The third-order valence-electron chi connectivity index (χ3n) is 5.53. The van der Waals surface area contributed by atoms with E-state index in [1.807, 2.05) is 47.5 Å². The van der Waals surface area contributed by atoms with E-state index < -0.39 is 6.23 Å². The van der Waals surface area contributed by atoms with Gasteiger partial charge < -0.3 is 23.4 Å². The van der Waals surface area contributed by atoms with Crippen molar-refractivity contribution < 1.29 is 23.4 Å². The summed E-state index contributed by atoms with van der Waals surface area (Å²) in [5.41, 5.74) is 2.66. The molecule has 0 amide bonds. The van der Waals surface area contributed by atoms with E-state index in [0.717, 1.165) is 28.3 Å². The van der Waals surface area contributed by atoms with E-state index in [1.165, 1.54) is 0 Å². The van der Waals surface area contributed by atoms with E-state index in [1.54, 1.807) is 27.6 Å². The fourth-order valence-corrected chi connectivity index (χ4v) is 4.29. The number of halogens is 1. The number of hydrogen-bond donors (Lipinski definition) is 0. The summed E-state index contributed by atoms with van der Waals surface area (Å²) in [7, 11) is 4.76. The summed E-state index contributed by atoms with van der Waals surface area (Å²) in [6, 6.07) is 13.1. The molecule has 0 unspecified atom stereocenters. The van der Waals surface area contributed by atoms with Crippen molar-refractivity contribution in [2.45, 2.75) is 18.7 Å². The maximum Gasteiger partial charge on any atom is 0.214 e. The van der Waals surface area contributed by atoms with Gasteiger partial charge >= 0.3 is 0 Å². The summed E-state index contributed by atoms with van der Waals surface area (Å²) in [4.78, 5) is 0. The largest absolute Gasteiger partial charge is 0.493 e. The van der Waals surface area contributed by atoms with Crippen LogP contribution in [0.4, 0.5) is 0 Å². The van der Waals surface area contributed by atoms with Crippen LogP contribution in [0.5, 0.6) is 23.0 Å². The number of hydrogen-bond acceptors (Lipinski definition) is 7. The van der Waals surface area contributed by atoms with Crippen molar-refractivity contribution in [1.82, 2.24) is 5.01 Å². The van der Waals surface area contributed by atoms with Gasteiger partial charge in [-0.1, -0.05) is 11.6 Å². The summed E-state index contributed by atoms with van der Waals surface area (Å²) < 4.78 is 28.5. The normalized spacial score (nSPS) is 19.2. The lowest BCUT2D eigenvalue weighted by Crippen LogP contribution is -2.33. The quantitative estimate of drug-likeness (QED) is 0.543. The average molecular weight is 441 g/mol. The molecule has 3 aromatic rings. The number of methoxy groups -OCH3 is 3. The Morgan fingerprint density at radius 2 is 1.81 bits per heavy atom. The van der Waals surface area contributed by atoms with Gasteiger partial charge in [-0.25, -0.2) is 5.01 Å². The minimum Gasteiger partial charge on any atom is -0.493 e. The molecule has 31 heavy (non-hydrogen) atoms. The first kappa shape index (κ1) is 19.6. The minimum absolute atomic E-state index is 0.0494. The summed E-state index contributed by atoms with van der Waals surface area (Å²) in [5, 5.41) is 7.46. The van der Waals surface area contributed by atoms with Crippen molar-refractivity contribution in [1.29, 1.82) is 0 Å². The molecular weight excluding hydrogens is 420 g/mol. The molecular formula is C23H21ClN2O5. The number of rotatable bonds is 5. The predicted octanol–water partition coefficient (Wildman–Crippen LogP) is 5.20. The highest BCUT2D eigenvalue weighted by Crippen LogP contribution is 2.50. The molecule has 3 heterocycles. The lowest BCUT2D eigenvalue weighted by atomic mass is 9.97. The standard InChI is InChI=1S/C23H21ClN2O5/c1-27-20-9-13(10-21(28-2)22(20)29-3)23-26-17(12-16(25-26)19-5-4-8-30-19)15-11-14(24)6-7-18(15)31-23/h4-11,17,23H,12H2,1-3H3/t17-,23-/m1/s1. The molecule has 0 radical (unpaired) electrons. The second-order valence-corrected chi connectivity index (χ2v) is 7.67. The van der Waals surface area contributed by atoms with Gasteiger partial charge in [-0.2, -0.15) is 5.10 Å². The number of nitrogens with zero attached hydrogens (tertiary/aromatic N) is 2. The molecule has 0 aliphatic carbocycles. The van der Waals surface area contributed by atoms with Crippen molar-refractivity contribution in [3.8, 4) is 23.0 Å². The van der Waals surface area contributed by atoms with Crippen LogP contribution < -0.4 is 18.9 Å². The monoisotopic (exact) mass is 440 g/mol. The van der Waals surface area contributed by atoms with E-state index in [9.17, 15) is 0 Å². The number of benzene rings is 2. The zero-order chi connectivity index (χ0) is 21.5. The molecule has 0 fully saturated rings. The summed E-state index contributed by atoms with van der Waals surface area (Å²) in [6.45, 7) is 0. The highest BCUT2D eigenvalue weighted by molar-refractivity contribution is 6.30. The second-order valence-electron chi connectivity index (χ2n) is 7.23. The van der Waals surface area contributed by atoms with Crippen LogP contribution in [0.25, 0.3) is 0 Å². The van der Waals surface area contributed by atoms with Crippen molar-refractivity contribution >= 4 is 17.3 Å². The fourth-order valence-electron chi connectivity index (χ4n) is 4.11. The van der Waals surface area contributed by atoms with Crippen LogP contribution in [-0.2, 0) is 0 Å². The molecule has 2 atom stereocenters. The van der Waals surface area contributed by atoms with E-state index >= 15 is 0 Å². The van der Waals surface area contributed by atoms with E-state index in [2.05, 4.69) is 0 Å². The van der Waals surface area contributed by atoms with Crippen LogP contribution in [0.1, 0.15) is 35.6 Å². The van der Waals surface area contributed by atoms with Crippen LogP contribution in [0.3, 0.4) is 0 Å². The van der Waals surface area contributed by atoms with Crippen LogP contribution in [-0.4, -0.2) is 32.0 Å². The first-order chi connectivity index (χ1) is 15.1. The van der Waals surface area contributed by atoms with Crippen LogP contribution in [0, 0.1) is 0 Å². The van der Waals surface area contributed by atoms with E-state index in [-0.39, 0.29) is 6.04 Å². The van der Waals surface area contributed by atoms with Crippen molar-refractivity contribution in [2.75, 3.05) is 21.3 Å². The van der Waals surface area contributed by atoms with Gasteiger partial charge in [0.05, 0.1) is 33.6 Å². The lowest BCUT2D eigenvalue weighted by Gasteiger charge is -2.38. The molecule has 160 valence electrons. The fraction of sp³-hybridized carbons (Fsp3) is 0.261. The SMILES string of the molecule is COc1cc([C@H]2Oc3ccc(Cl)cc3[C@H]3CC(c4ccco4)=NN32)cc(OC)c1OC. The average Bonchev–Trinajstić information content (AvgIpc) is 3.47. The molecule has 8 heteroatoms. The number of ether oxygens (including phenoxy) is 4. The van der Waals surface area contributed by atoms with Crippen molar-refractivity contribution in [3.63, 3.8) is 0 Å². The van der Waals surface area contributed by atoms with Gasteiger partial charge in [0.1, 0.15) is 17.2 Å². The Hall–Kier alpha value is -3.32. The summed E-state index contributed by atoms with van der Waals surface area (Å²) >= 11 is 6.29. The van der Waals surface area contributed by atoms with Crippen LogP contribution in [0.15, 0.2) is 58.2 Å². The van der Waals surface area contributed by atoms with Gasteiger partial charge in [0.25, 0.3) is 0 Å². The van der Waals surface area contributed by atoms with Crippen LogP contribution in [0.2, 0.25) is 5.02 Å². The number of fused-ring (bicyclic) bond motifs is 3. The molecule has 0 spiro atoms. The summed E-state index contributed by atoms with van der Waals surface area (Å²) in [6.07, 6.45) is 1.82. The molecule has 2 aromatic carbocycles. The summed E-state index contributed by atoms with van der Waals surface area (Å²) in [5.74, 6) is 3.12. The molecule has 1 aromatic heterocycles. The van der Waals surface area contributed by atoms with Crippen molar-refractivity contribution in [3.05, 3.63) is 70.6 Å². The zero-order valence-electron chi connectivity index (χ0n) is 17.3. The topological polar surface area (TPSA) is 65.7 Å². The Bertz CT molecular complexity index is 1120. The Labute approximate surface area is 184 Å². The Morgan fingerprint density at radius 3 is 2.45 bits per heavy atom. The van der Waals surface area contributed by atoms with Gasteiger partial charge in [-0.3, -0.25) is 0 Å². The molecule has 0 saturated heterocycles. The maximum absolute atomic E-state index is 6.40. The Balaban J connectivity index is 1.64. The van der Waals surface area contributed by atoms with Crippen molar-refractivity contribution in [2.24, 2.45) is 5.10 Å². The van der Waals surface area contributed by atoms with Gasteiger partial charge in [-0.15, -0.1) is 0 Å². The highest BCUT2D eigenvalue weighted by Gasteiger charge is 2.42. The zero-order valence-corrected chi connectivity index (χ0v) is 18.1. The molecule has 5 rings (SSSR count). The first-order valence-electron chi connectivity index (χ1n) is 9.78. The highest BCUT2D eigenvalue weighted by atomic mass is 35.5. The molecule has 2 aliphatic rings. The predicted molar refractivity (Wildman–Crippen MR) is 115 cm³/mol. The minimum atomic E-state index is -0.500. The van der Waals surface area contributed by atoms with E-state index in [0.29, 0.717) is 28.7 Å². The van der Waals surface area contributed by atoms with Crippen LogP contribution >= 0.6 is 11.6 Å². The smallest absolute Gasteiger partial charge is 0.214 e. The third kappa shape index (κ3) is 3.25. The second kappa shape index (κ2) is 7.74. The van der Waals surface area contributed by atoms with Gasteiger partial charge in [0, 0.05) is 22.6 Å². The molecule has 7 nitrogen and oxygen atoms in total. The molecule has 0 saturated carbocycles. The Kier molecular flexibility index (Phi) is 4.90. The molecule has 0 bridgehead atoms. The van der Waals surface area contributed by atoms with Gasteiger partial charge in [0.2, 0.25) is 12.0 Å². The Morgan fingerprint density at radius 1 is 1.03 bits per heavy atom. The van der Waals surface area contributed by atoms with Gasteiger partial charge in [-0.05, 0) is 42.5 Å². The van der Waals surface area contributed by atoms with E-state index in [4.69, 9.17) is 40.1 Å². The molecule has 2 aliphatic heterocycles. The lowest BCUT2D eigenvalue weighted by molar-refractivity contribution is -0.0192. The third-order valence-corrected chi connectivity index (χ3v) is 5.76.